The van der Waals surface area contributed by atoms with Gasteiger partial charge in [0.1, 0.15) is 11.5 Å². The predicted octanol–water partition coefficient (Wildman–Crippen LogP) is 6.97. The van der Waals surface area contributed by atoms with E-state index in [1.54, 1.807) is 0 Å². The third-order valence-electron chi connectivity index (χ3n) is 4.05. The molecule has 0 aliphatic heterocycles. The van der Waals surface area contributed by atoms with Gasteiger partial charge in [-0.2, -0.15) is 0 Å². The van der Waals surface area contributed by atoms with Crippen LogP contribution < -0.4 is 15.4 Å². The fraction of sp³-hybridized carbons (Fsp3) is 0. The van der Waals surface area contributed by atoms with E-state index in [9.17, 15) is 0 Å². The Balaban J connectivity index is 1.42. The highest BCUT2D eigenvalue weighted by Crippen LogP contribution is 2.27. The van der Waals surface area contributed by atoms with Crippen LogP contribution >= 0.6 is 0 Å². The monoisotopic (exact) mass is 352 g/mol. The third-order valence-corrected chi connectivity index (χ3v) is 4.05. The van der Waals surface area contributed by atoms with E-state index in [1.165, 1.54) is 0 Å². The number of nitrogens with one attached hydrogen (secondary N) is 2. The minimum atomic E-state index is 0.791. The van der Waals surface area contributed by atoms with Crippen molar-refractivity contribution in [3.05, 3.63) is 109 Å². The van der Waals surface area contributed by atoms with Crippen molar-refractivity contribution in [1.29, 1.82) is 0 Å². The summed E-state index contributed by atoms with van der Waals surface area (Å²) >= 11 is 0. The lowest BCUT2D eigenvalue weighted by atomic mass is 10.2. The van der Waals surface area contributed by atoms with Crippen LogP contribution in [0.4, 0.5) is 22.7 Å². The zero-order chi connectivity index (χ0) is 18.3. The van der Waals surface area contributed by atoms with Gasteiger partial charge in [0.05, 0.1) is 0 Å². The van der Waals surface area contributed by atoms with Gasteiger partial charge in [-0.1, -0.05) is 42.5 Å². The normalized spacial score (nSPS) is 10.2. The molecule has 132 valence electrons. The van der Waals surface area contributed by atoms with Crippen LogP contribution in [0.25, 0.3) is 0 Å². The molecule has 0 aliphatic carbocycles. The molecule has 0 saturated heterocycles. The van der Waals surface area contributed by atoms with Crippen molar-refractivity contribution in [2.24, 2.45) is 0 Å². The number of benzene rings is 4. The Bertz CT molecular complexity index is 984. The first kappa shape index (κ1) is 16.7. The molecule has 0 bridgehead atoms. The summed E-state index contributed by atoms with van der Waals surface area (Å²) < 4.78 is 5.99. The maximum Gasteiger partial charge on any atom is 0.129 e. The summed E-state index contributed by atoms with van der Waals surface area (Å²) in [6.45, 7) is 0. The first-order valence-corrected chi connectivity index (χ1v) is 8.87. The van der Waals surface area contributed by atoms with Gasteiger partial charge in [-0.3, -0.25) is 0 Å². The third kappa shape index (κ3) is 4.67. The fourth-order valence-corrected chi connectivity index (χ4v) is 2.76. The summed E-state index contributed by atoms with van der Waals surface area (Å²) in [6.07, 6.45) is 0. The largest absolute Gasteiger partial charge is 0.457 e. The van der Waals surface area contributed by atoms with Gasteiger partial charge in [0.2, 0.25) is 0 Å². The second-order valence-electron chi connectivity index (χ2n) is 6.14. The molecule has 3 heteroatoms. The van der Waals surface area contributed by atoms with Crippen LogP contribution in [0.2, 0.25) is 0 Å². The highest BCUT2D eigenvalue weighted by Gasteiger charge is 2.01. The molecular formula is C24H20N2O. The topological polar surface area (TPSA) is 33.3 Å². The molecule has 0 aromatic heterocycles. The summed E-state index contributed by atoms with van der Waals surface area (Å²) in [5.41, 5.74) is 4.12. The maximum atomic E-state index is 5.99. The van der Waals surface area contributed by atoms with Gasteiger partial charge in [-0.25, -0.2) is 0 Å². The number of rotatable bonds is 6. The second-order valence-corrected chi connectivity index (χ2v) is 6.14. The van der Waals surface area contributed by atoms with Crippen LogP contribution in [0.1, 0.15) is 0 Å². The molecule has 0 spiro atoms. The number of anilines is 4. The number of hydrogen-bond donors (Lipinski definition) is 2. The number of hydrogen-bond acceptors (Lipinski definition) is 3. The Kier molecular flexibility index (Phi) is 5.02. The van der Waals surface area contributed by atoms with Crippen molar-refractivity contribution in [2.45, 2.75) is 0 Å². The molecule has 3 nitrogen and oxygen atoms in total. The minimum absolute atomic E-state index is 0.791. The van der Waals surface area contributed by atoms with E-state index < -0.39 is 0 Å². The molecule has 0 fully saturated rings. The molecule has 0 radical (unpaired) electrons. The van der Waals surface area contributed by atoms with E-state index in [0.717, 1.165) is 34.2 Å². The van der Waals surface area contributed by atoms with Gasteiger partial charge in [0.15, 0.2) is 0 Å². The van der Waals surface area contributed by atoms with Crippen molar-refractivity contribution in [1.82, 2.24) is 0 Å². The van der Waals surface area contributed by atoms with E-state index in [1.807, 2.05) is 109 Å². The lowest BCUT2D eigenvalue weighted by Gasteiger charge is -2.11. The van der Waals surface area contributed by atoms with Crippen molar-refractivity contribution in [3.63, 3.8) is 0 Å². The van der Waals surface area contributed by atoms with Gasteiger partial charge in [0, 0.05) is 28.8 Å². The Morgan fingerprint density at radius 3 is 1.56 bits per heavy atom. The molecule has 27 heavy (non-hydrogen) atoms. The van der Waals surface area contributed by atoms with Crippen molar-refractivity contribution < 1.29 is 4.74 Å². The van der Waals surface area contributed by atoms with Gasteiger partial charge < -0.3 is 15.4 Å². The summed E-state index contributed by atoms with van der Waals surface area (Å²) in [6, 6.07) is 36.1. The smallest absolute Gasteiger partial charge is 0.129 e. The Morgan fingerprint density at radius 2 is 0.926 bits per heavy atom. The maximum absolute atomic E-state index is 5.99. The lowest BCUT2D eigenvalue weighted by molar-refractivity contribution is 0.483. The standard InChI is InChI=1S/C24H20N2O/c1-3-8-19(9-4-1)25-21-14-16-23(17-15-21)27-24-13-7-12-22(18-24)26-20-10-5-2-6-11-20/h1-18,25-26H. The summed E-state index contributed by atoms with van der Waals surface area (Å²) in [5, 5.41) is 6.74. The lowest BCUT2D eigenvalue weighted by Crippen LogP contribution is -1.92. The fourth-order valence-electron chi connectivity index (χ4n) is 2.76. The zero-order valence-corrected chi connectivity index (χ0v) is 14.8. The summed E-state index contributed by atoms with van der Waals surface area (Å²) in [7, 11) is 0. The molecule has 0 aliphatic rings. The molecule has 0 saturated carbocycles. The predicted molar refractivity (Wildman–Crippen MR) is 112 cm³/mol. The number of ether oxygens (including phenoxy) is 1. The first-order chi connectivity index (χ1) is 13.3. The van der Waals surface area contributed by atoms with E-state index in [2.05, 4.69) is 10.6 Å². The first-order valence-electron chi connectivity index (χ1n) is 8.87. The highest BCUT2D eigenvalue weighted by atomic mass is 16.5. The molecule has 2 N–H and O–H groups in total. The van der Waals surface area contributed by atoms with Crippen LogP contribution in [-0.4, -0.2) is 0 Å². The van der Waals surface area contributed by atoms with Crippen LogP contribution in [-0.2, 0) is 0 Å². The Hall–Kier alpha value is -3.72. The molecule has 4 aromatic carbocycles. The van der Waals surface area contributed by atoms with Crippen molar-refractivity contribution in [3.8, 4) is 11.5 Å². The van der Waals surface area contributed by atoms with E-state index in [-0.39, 0.29) is 0 Å². The Morgan fingerprint density at radius 1 is 0.407 bits per heavy atom. The molecule has 0 heterocycles. The molecular weight excluding hydrogens is 332 g/mol. The number of para-hydroxylation sites is 2. The summed E-state index contributed by atoms with van der Waals surface area (Å²) in [4.78, 5) is 0. The van der Waals surface area contributed by atoms with E-state index in [4.69, 9.17) is 4.74 Å². The SMILES string of the molecule is c1ccc(Nc2ccc(Oc3cccc(Nc4ccccc4)c3)cc2)cc1. The zero-order valence-electron chi connectivity index (χ0n) is 14.8. The molecule has 0 unspecified atom stereocenters. The highest BCUT2D eigenvalue weighted by molar-refractivity contribution is 5.62. The van der Waals surface area contributed by atoms with Gasteiger partial charge in [-0.05, 0) is 60.7 Å². The van der Waals surface area contributed by atoms with Gasteiger partial charge in [-0.15, -0.1) is 0 Å². The quantitative estimate of drug-likeness (QED) is 0.393. The van der Waals surface area contributed by atoms with Crippen LogP contribution in [0.3, 0.4) is 0 Å². The summed E-state index contributed by atoms with van der Waals surface area (Å²) in [5.74, 6) is 1.59. The van der Waals surface area contributed by atoms with Crippen molar-refractivity contribution in [2.75, 3.05) is 10.6 Å². The van der Waals surface area contributed by atoms with Crippen LogP contribution in [0.15, 0.2) is 109 Å². The van der Waals surface area contributed by atoms with Crippen molar-refractivity contribution >= 4 is 22.7 Å². The van der Waals surface area contributed by atoms with Crippen LogP contribution in [0, 0.1) is 0 Å². The van der Waals surface area contributed by atoms with Gasteiger partial charge in [0.25, 0.3) is 0 Å². The van der Waals surface area contributed by atoms with Crippen LogP contribution in [0.5, 0.6) is 11.5 Å². The molecule has 4 rings (SSSR count). The molecule has 0 amide bonds. The van der Waals surface area contributed by atoms with E-state index >= 15 is 0 Å². The average molecular weight is 352 g/mol. The average Bonchev–Trinajstić information content (AvgIpc) is 2.71. The molecule has 4 aromatic rings. The minimum Gasteiger partial charge on any atom is -0.457 e. The second kappa shape index (κ2) is 8.11. The van der Waals surface area contributed by atoms with Gasteiger partial charge >= 0.3 is 0 Å². The molecule has 0 atom stereocenters. The van der Waals surface area contributed by atoms with E-state index in [0.29, 0.717) is 0 Å². The Labute approximate surface area is 159 Å².